The lowest BCUT2D eigenvalue weighted by atomic mass is 10.1. The lowest BCUT2D eigenvalue weighted by Crippen LogP contribution is -2.33. The maximum atomic E-state index is 12.0. The second kappa shape index (κ2) is 7.09. The molecule has 1 aliphatic heterocycles. The van der Waals surface area contributed by atoms with Gasteiger partial charge in [0.05, 0.1) is 12.1 Å². The van der Waals surface area contributed by atoms with E-state index in [-0.39, 0.29) is 6.10 Å². The summed E-state index contributed by atoms with van der Waals surface area (Å²) in [5.74, 6) is 3.12. The maximum absolute atomic E-state index is 12.0. The summed E-state index contributed by atoms with van der Waals surface area (Å²) in [5.41, 5.74) is 11.5. The first-order valence-electron chi connectivity index (χ1n) is 7.73. The van der Waals surface area contributed by atoms with E-state index in [0.717, 1.165) is 0 Å². The quantitative estimate of drug-likeness (QED) is 0.297. The van der Waals surface area contributed by atoms with Crippen LogP contribution >= 0.6 is 0 Å². The van der Waals surface area contributed by atoms with E-state index >= 15 is 0 Å². The summed E-state index contributed by atoms with van der Waals surface area (Å²) in [6.45, 7) is 8.05. The predicted octanol–water partition coefficient (Wildman–Crippen LogP) is 2.08. The molecule has 0 amide bonds. The fraction of sp³-hybridized carbons (Fsp3) is 0.600. The molecule has 24 heavy (non-hydrogen) atoms. The SMILES string of the molecule is Cc1cn([C@H]2C[C@H](N=[N+]=[N-])[C@@H](CC#C[Si](C)(C)C)O2)c(=O)[nH]c1=O. The van der Waals surface area contributed by atoms with Crippen molar-refractivity contribution < 1.29 is 4.74 Å². The predicted molar refractivity (Wildman–Crippen MR) is 93.3 cm³/mol. The van der Waals surface area contributed by atoms with E-state index in [2.05, 4.69) is 46.1 Å². The Kier molecular flexibility index (Phi) is 5.34. The molecule has 1 aromatic heterocycles. The smallest absolute Gasteiger partial charge is 0.330 e. The van der Waals surface area contributed by atoms with E-state index in [9.17, 15) is 9.59 Å². The van der Waals surface area contributed by atoms with Crippen LogP contribution in [0.25, 0.3) is 10.4 Å². The minimum atomic E-state index is -1.49. The Morgan fingerprint density at radius 2 is 2.21 bits per heavy atom. The second-order valence-electron chi connectivity index (χ2n) is 6.87. The van der Waals surface area contributed by atoms with Gasteiger partial charge in [-0.2, -0.15) is 0 Å². The van der Waals surface area contributed by atoms with Crippen LogP contribution in [0.4, 0.5) is 0 Å². The Morgan fingerprint density at radius 3 is 2.83 bits per heavy atom. The molecule has 3 atom stereocenters. The molecule has 1 N–H and O–H groups in total. The number of hydrogen-bond acceptors (Lipinski definition) is 4. The summed E-state index contributed by atoms with van der Waals surface area (Å²) in [6.07, 6.45) is 1.34. The highest BCUT2D eigenvalue weighted by Gasteiger charge is 2.35. The first kappa shape index (κ1) is 18.1. The number of hydrogen-bond donors (Lipinski definition) is 1. The van der Waals surface area contributed by atoms with Crippen LogP contribution in [-0.2, 0) is 4.74 Å². The third kappa shape index (κ3) is 4.38. The number of rotatable bonds is 3. The van der Waals surface area contributed by atoms with Gasteiger partial charge in [-0.1, -0.05) is 24.8 Å². The molecule has 1 saturated heterocycles. The summed E-state index contributed by atoms with van der Waals surface area (Å²) in [6, 6.07) is -0.393. The van der Waals surface area contributed by atoms with Gasteiger partial charge in [0, 0.05) is 29.5 Å². The molecular formula is C15H21N5O3Si. The summed E-state index contributed by atoms with van der Waals surface area (Å²) >= 11 is 0. The number of aromatic amines is 1. The zero-order valence-electron chi connectivity index (χ0n) is 14.2. The van der Waals surface area contributed by atoms with Gasteiger partial charge in [0.25, 0.3) is 5.56 Å². The van der Waals surface area contributed by atoms with E-state index in [1.165, 1.54) is 10.8 Å². The number of aryl methyl sites for hydroxylation is 1. The lowest BCUT2D eigenvalue weighted by Gasteiger charge is -2.15. The van der Waals surface area contributed by atoms with Crippen molar-refractivity contribution in [2.45, 2.75) is 57.8 Å². The zero-order valence-corrected chi connectivity index (χ0v) is 15.2. The van der Waals surface area contributed by atoms with Gasteiger partial charge in [0.2, 0.25) is 0 Å². The molecular weight excluding hydrogens is 326 g/mol. The van der Waals surface area contributed by atoms with Crippen molar-refractivity contribution in [2.24, 2.45) is 5.11 Å². The maximum Gasteiger partial charge on any atom is 0.330 e. The molecule has 2 rings (SSSR count). The van der Waals surface area contributed by atoms with Gasteiger partial charge >= 0.3 is 5.69 Å². The fourth-order valence-electron chi connectivity index (χ4n) is 2.47. The Labute approximate surface area is 140 Å². The Bertz CT molecular complexity index is 836. The van der Waals surface area contributed by atoms with Crippen LogP contribution in [0.2, 0.25) is 19.6 Å². The van der Waals surface area contributed by atoms with Crippen LogP contribution in [0, 0.1) is 18.4 Å². The highest BCUT2D eigenvalue weighted by molar-refractivity contribution is 6.83. The van der Waals surface area contributed by atoms with E-state index in [1.54, 1.807) is 6.92 Å². The van der Waals surface area contributed by atoms with E-state index < -0.39 is 31.6 Å². The number of ether oxygens (including phenoxy) is 1. The first-order valence-corrected chi connectivity index (χ1v) is 11.2. The van der Waals surface area contributed by atoms with Gasteiger partial charge in [0.1, 0.15) is 14.3 Å². The molecule has 0 radical (unpaired) electrons. The standard InChI is InChI=1S/C15H21N5O3Si/c1-10-9-20(15(22)17-14(10)21)13-8-11(18-19-16)12(23-13)6-5-7-24(2,3)4/h9,11-13H,6,8H2,1-4H3,(H,17,21,22)/t11-,12+,13+/m0/s1. The number of azide groups is 1. The zero-order chi connectivity index (χ0) is 17.9. The molecule has 1 fully saturated rings. The average molecular weight is 347 g/mol. The van der Waals surface area contributed by atoms with Crippen molar-refractivity contribution in [3.05, 3.63) is 43.0 Å². The van der Waals surface area contributed by atoms with E-state index in [4.69, 9.17) is 10.3 Å². The van der Waals surface area contributed by atoms with Crippen LogP contribution in [0.3, 0.4) is 0 Å². The number of nitrogens with zero attached hydrogens (tertiary/aromatic N) is 4. The van der Waals surface area contributed by atoms with Crippen molar-refractivity contribution in [3.63, 3.8) is 0 Å². The van der Waals surface area contributed by atoms with Gasteiger partial charge in [-0.25, -0.2) is 4.79 Å². The molecule has 0 saturated carbocycles. The third-order valence-corrected chi connectivity index (χ3v) is 4.55. The van der Waals surface area contributed by atoms with Crippen molar-refractivity contribution >= 4 is 8.07 Å². The molecule has 0 aromatic carbocycles. The van der Waals surface area contributed by atoms with Crippen LogP contribution in [0.1, 0.15) is 24.6 Å². The molecule has 128 valence electrons. The lowest BCUT2D eigenvalue weighted by molar-refractivity contribution is -0.000235. The van der Waals surface area contributed by atoms with Crippen LogP contribution in [0.5, 0.6) is 0 Å². The van der Waals surface area contributed by atoms with Crippen molar-refractivity contribution in [1.29, 1.82) is 0 Å². The molecule has 0 bridgehead atoms. The largest absolute Gasteiger partial charge is 0.353 e. The van der Waals surface area contributed by atoms with Crippen molar-refractivity contribution in [1.82, 2.24) is 9.55 Å². The summed E-state index contributed by atoms with van der Waals surface area (Å²) in [4.78, 5) is 28.6. The van der Waals surface area contributed by atoms with Crippen molar-refractivity contribution in [3.8, 4) is 11.5 Å². The summed E-state index contributed by atoms with van der Waals surface area (Å²) < 4.78 is 7.23. The molecule has 1 aliphatic rings. The molecule has 0 spiro atoms. The molecule has 2 heterocycles. The topological polar surface area (TPSA) is 113 Å². The minimum Gasteiger partial charge on any atom is -0.353 e. The van der Waals surface area contributed by atoms with Gasteiger partial charge in [-0.15, -0.1) is 11.5 Å². The molecule has 1 aromatic rings. The molecule has 0 aliphatic carbocycles. The highest BCUT2D eigenvalue weighted by atomic mass is 28.3. The van der Waals surface area contributed by atoms with Gasteiger partial charge in [0.15, 0.2) is 0 Å². The first-order chi connectivity index (χ1) is 11.2. The Balaban J connectivity index is 2.25. The van der Waals surface area contributed by atoms with E-state index in [1.807, 2.05) is 0 Å². The van der Waals surface area contributed by atoms with Crippen molar-refractivity contribution in [2.75, 3.05) is 0 Å². The van der Waals surface area contributed by atoms with Gasteiger partial charge < -0.3 is 4.74 Å². The highest BCUT2D eigenvalue weighted by Crippen LogP contribution is 2.31. The molecule has 8 nitrogen and oxygen atoms in total. The van der Waals surface area contributed by atoms with Crippen LogP contribution in [0.15, 0.2) is 20.9 Å². The number of nitrogens with one attached hydrogen (secondary N) is 1. The Morgan fingerprint density at radius 1 is 1.50 bits per heavy atom. The van der Waals surface area contributed by atoms with Crippen LogP contribution < -0.4 is 11.2 Å². The normalized spacial score (nSPS) is 23.2. The Hall–Kier alpha value is -2.27. The second-order valence-corrected chi connectivity index (χ2v) is 11.6. The monoisotopic (exact) mass is 347 g/mol. The van der Waals surface area contributed by atoms with E-state index in [0.29, 0.717) is 18.4 Å². The number of aromatic nitrogens is 2. The fourth-order valence-corrected chi connectivity index (χ4v) is 3.11. The molecule has 9 heteroatoms. The summed E-state index contributed by atoms with van der Waals surface area (Å²) in [7, 11) is -1.49. The summed E-state index contributed by atoms with van der Waals surface area (Å²) in [5, 5.41) is 3.78. The third-order valence-electron chi connectivity index (χ3n) is 3.63. The van der Waals surface area contributed by atoms with Crippen LogP contribution in [-0.4, -0.2) is 29.8 Å². The molecule has 0 unspecified atom stereocenters. The average Bonchev–Trinajstić information content (AvgIpc) is 2.85. The van der Waals surface area contributed by atoms with Gasteiger partial charge in [-0.3, -0.25) is 14.3 Å². The van der Waals surface area contributed by atoms with Gasteiger partial charge in [-0.05, 0) is 12.5 Å². The number of H-pyrrole nitrogens is 1. The minimum absolute atomic E-state index is 0.367.